The van der Waals surface area contributed by atoms with E-state index in [1.165, 1.54) is 6.07 Å². The number of nitrogens with zero attached hydrogens (tertiary/aromatic N) is 2. The van der Waals surface area contributed by atoms with Crippen LogP contribution in [0, 0.1) is 0 Å². The Bertz CT molecular complexity index is 954. The van der Waals surface area contributed by atoms with Gasteiger partial charge in [-0.2, -0.15) is 0 Å². The molecule has 0 heterocycles. The van der Waals surface area contributed by atoms with Gasteiger partial charge in [0.25, 0.3) is 0 Å². The van der Waals surface area contributed by atoms with E-state index >= 15 is 0 Å². The van der Waals surface area contributed by atoms with Gasteiger partial charge in [-0.25, -0.2) is 0 Å². The molecule has 5 nitrogen and oxygen atoms in total. The van der Waals surface area contributed by atoms with Crippen LogP contribution in [0.15, 0.2) is 48.0 Å². The Balaban J connectivity index is 2.66. The number of thiol groups is 1. The number of benzene rings is 2. The molecule has 0 saturated heterocycles. The third kappa shape index (κ3) is 4.70. The Morgan fingerprint density at radius 2 is 1.73 bits per heavy atom. The first-order valence-electron chi connectivity index (χ1n) is 10.1. The lowest BCUT2D eigenvalue weighted by molar-refractivity contribution is 0.445. The predicted octanol–water partition coefficient (Wildman–Crippen LogP) is 5.87. The minimum absolute atomic E-state index is 0.0336. The summed E-state index contributed by atoms with van der Waals surface area (Å²) in [6, 6.07) is 8.67. The van der Waals surface area contributed by atoms with Gasteiger partial charge in [0.05, 0.1) is 16.4 Å². The van der Waals surface area contributed by atoms with Gasteiger partial charge >= 0.3 is 0 Å². The summed E-state index contributed by atoms with van der Waals surface area (Å²) >= 11 is 4.51. The fourth-order valence-electron chi connectivity index (χ4n) is 3.64. The van der Waals surface area contributed by atoms with Gasteiger partial charge in [0.15, 0.2) is 0 Å². The highest BCUT2D eigenvalue weighted by atomic mass is 32.1. The number of allylic oxidation sites excluding steroid dienone is 1. The van der Waals surface area contributed by atoms with Crippen molar-refractivity contribution in [2.75, 3.05) is 16.3 Å². The molecule has 0 aliphatic rings. The smallest absolute Gasteiger partial charge is 0.139 e. The molecule has 0 radical (unpaired) electrons. The van der Waals surface area contributed by atoms with Crippen molar-refractivity contribution in [3.63, 3.8) is 0 Å². The lowest BCUT2D eigenvalue weighted by atomic mass is 10.0. The van der Waals surface area contributed by atoms with Crippen LogP contribution in [0.5, 0.6) is 17.2 Å². The molecule has 2 aromatic carbocycles. The van der Waals surface area contributed by atoms with Crippen LogP contribution in [-0.4, -0.2) is 27.9 Å². The van der Waals surface area contributed by atoms with Gasteiger partial charge in [0.2, 0.25) is 0 Å². The standard InChI is InChI=1S/C24H32N2O3S/c1-7-17-12-19(24(29)14-23(17)28)20(8-2)26(16(6)30)18-10-11-22(27)21(13-18)25(9-3)15(4)5/h8,10-15,27-30H,6-7,9H2,1-5H3/b20-8-. The molecule has 0 atom stereocenters. The molecular weight excluding hydrogens is 396 g/mol. The summed E-state index contributed by atoms with van der Waals surface area (Å²) in [5, 5.41) is 31.6. The molecule has 0 bridgehead atoms. The van der Waals surface area contributed by atoms with E-state index < -0.39 is 0 Å². The molecule has 6 heteroatoms. The number of hydrogen-bond acceptors (Lipinski definition) is 6. The summed E-state index contributed by atoms with van der Waals surface area (Å²) < 4.78 is 0. The normalized spacial score (nSPS) is 11.6. The molecule has 2 aromatic rings. The monoisotopic (exact) mass is 428 g/mol. The van der Waals surface area contributed by atoms with Gasteiger partial charge in [-0.1, -0.05) is 19.6 Å². The van der Waals surface area contributed by atoms with Crippen LogP contribution >= 0.6 is 12.6 Å². The van der Waals surface area contributed by atoms with E-state index in [9.17, 15) is 15.3 Å². The molecule has 2 rings (SSSR count). The van der Waals surface area contributed by atoms with E-state index in [1.807, 2.05) is 37.8 Å². The zero-order chi connectivity index (χ0) is 22.6. The molecular formula is C24H32N2O3S. The maximum absolute atomic E-state index is 10.6. The zero-order valence-corrected chi connectivity index (χ0v) is 19.2. The van der Waals surface area contributed by atoms with E-state index in [-0.39, 0.29) is 23.3 Å². The van der Waals surface area contributed by atoms with Crippen molar-refractivity contribution in [2.45, 2.75) is 47.1 Å². The molecule has 0 unspecified atom stereocenters. The fourth-order valence-corrected chi connectivity index (χ4v) is 3.86. The topological polar surface area (TPSA) is 67.2 Å². The van der Waals surface area contributed by atoms with Crippen molar-refractivity contribution < 1.29 is 15.3 Å². The summed E-state index contributed by atoms with van der Waals surface area (Å²) in [7, 11) is 0. The van der Waals surface area contributed by atoms with E-state index in [1.54, 1.807) is 18.2 Å². The average molecular weight is 429 g/mol. The third-order valence-corrected chi connectivity index (χ3v) is 5.32. The zero-order valence-electron chi connectivity index (χ0n) is 18.3. The van der Waals surface area contributed by atoms with Crippen LogP contribution in [0.3, 0.4) is 0 Å². The van der Waals surface area contributed by atoms with Gasteiger partial charge in [0, 0.05) is 29.9 Å². The summed E-state index contributed by atoms with van der Waals surface area (Å²) in [4.78, 5) is 3.91. The molecule has 162 valence electrons. The largest absolute Gasteiger partial charge is 0.508 e. The van der Waals surface area contributed by atoms with Gasteiger partial charge in [0.1, 0.15) is 17.2 Å². The van der Waals surface area contributed by atoms with E-state index in [0.717, 1.165) is 17.8 Å². The van der Waals surface area contributed by atoms with Crippen LogP contribution in [-0.2, 0) is 6.42 Å². The Hall–Kier alpha value is -2.73. The first kappa shape index (κ1) is 23.5. The molecule has 0 saturated carbocycles. The van der Waals surface area contributed by atoms with Crippen molar-refractivity contribution in [1.29, 1.82) is 0 Å². The Kier molecular flexibility index (Phi) is 7.73. The quantitative estimate of drug-likeness (QED) is 0.396. The van der Waals surface area contributed by atoms with Crippen molar-refractivity contribution in [3.8, 4) is 17.2 Å². The van der Waals surface area contributed by atoms with E-state index in [4.69, 9.17) is 0 Å². The predicted molar refractivity (Wildman–Crippen MR) is 130 cm³/mol. The van der Waals surface area contributed by atoms with Crippen LogP contribution in [0.2, 0.25) is 0 Å². The minimum Gasteiger partial charge on any atom is -0.508 e. The van der Waals surface area contributed by atoms with Crippen molar-refractivity contribution in [1.82, 2.24) is 0 Å². The van der Waals surface area contributed by atoms with Crippen LogP contribution < -0.4 is 9.80 Å². The molecule has 0 aliphatic heterocycles. The maximum atomic E-state index is 10.6. The maximum Gasteiger partial charge on any atom is 0.139 e. The second-order valence-electron chi connectivity index (χ2n) is 7.33. The van der Waals surface area contributed by atoms with Crippen molar-refractivity contribution in [3.05, 3.63) is 59.1 Å². The molecule has 3 N–H and O–H groups in total. The van der Waals surface area contributed by atoms with Gasteiger partial charge in [-0.3, -0.25) is 0 Å². The van der Waals surface area contributed by atoms with Crippen LogP contribution in [0.1, 0.15) is 45.7 Å². The third-order valence-electron chi connectivity index (χ3n) is 5.12. The summed E-state index contributed by atoms with van der Waals surface area (Å²) in [5.74, 6) is 0.225. The Morgan fingerprint density at radius 1 is 1.07 bits per heavy atom. The SMILES string of the molecule is C=C(S)N(/C(=C\C)c1cc(CC)c(O)cc1O)c1ccc(O)c(N(CC)C(C)C)c1. The van der Waals surface area contributed by atoms with Gasteiger partial charge in [-0.05, 0) is 63.9 Å². The summed E-state index contributed by atoms with van der Waals surface area (Å²) in [5.41, 5.74) is 3.43. The Labute approximate surface area is 185 Å². The number of anilines is 2. The number of aromatic hydroxyl groups is 3. The van der Waals surface area contributed by atoms with Crippen LogP contribution in [0.25, 0.3) is 5.70 Å². The molecule has 0 amide bonds. The lowest BCUT2D eigenvalue weighted by Gasteiger charge is -2.32. The first-order chi connectivity index (χ1) is 14.2. The molecule has 0 aliphatic carbocycles. The average Bonchev–Trinajstić information content (AvgIpc) is 2.68. The number of rotatable bonds is 8. The molecule has 0 fully saturated rings. The number of hydrogen-bond donors (Lipinski definition) is 4. The first-order valence-corrected chi connectivity index (χ1v) is 10.6. The lowest BCUT2D eigenvalue weighted by Crippen LogP contribution is -2.30. The number of phenolic OH excluding ortho intramolecular Hbond substituents is 3. The summed E-state index contributed by atoms with van der Waals surface area (Å²) in [6.45, 7) is 14.7. The van der Waals surface area contributed by atoms with E-state index in [0.29, 0.717) is 28.4 Å². The van der Waals surface area contributed by atoms with Gasteiger partial charge in [-0.15, -0.1) is 12.6 Å². The number of phenols is 3. The highest BCUT2D eigenvalue weighted by molar-refractivity contribution is 7.84. The van der Waals surface area contributed by atoms with Gasteiger partial charge < -0.3 is 25.1 Å². The fraction of sp³-hybridized carbons (Fsp3) is 0.333. The Morgan fingerprint density at radius 3 is 2.23 bits per heavy atom. The second kappa shape index (κ2) is 9.85. The second-order valence-corrected chi connectivity index (χ2v) is 7.85. The van der Waals surface area contributed by atoms with Crippen molar-refractivity contribution in [2.24, 2.45) is 0 Å². The van der Waals surface area contributed by atoms with Crippen LogP contribution in [0.4, 0.5) is 11.4 Å². The van der Waals surface area contributed by atoms with Crippen molar-refractivity contribution >= 4 is 29.7 Å². The van der Waals surface area contributed by atoms with E-state index in [2.05, 4.69) is 38.0 Å². The number of aryl methyl sites for hydroxylation is 1. The minimum atomic E-state index is -0.0336. The molecule has 30 heavy (non-hydrogen) atoms. The highest BCUT2D eigenvalue weighted by Gasteiger charge is 2.22. The highest BCUT2D eigenvalue weighted by Crippen LogP contribution is 2.41. The molecule has 0 spiro atoms. The molecule has 0 aromatic heterocycles. The summed E-state index contributed by atoms with van der Waals surface area (Å²) in [6.07, 6.45) is 2.49.